The van der Waals surface area contributed by atoms with E-state index in [2.05, 4.69) is 21.7 Å². The average Bonchev–Trinajstić information content (AvgIpc) is 3.08. The maximum Gasteiger partial charge on any atom is 0.328 e. The highest BCUT2D eigenvalue weighted by atomic mass is 16.2. The van der Waals surface area contributed by atoms with Crippen LogP contribution in [0.3, 0.4) is 0 Å². The summed E-state index contributed by atoms with van der Waals surface area (Å²) in [6.07, 6.45) is 5.00. The second kappa shape index (κ2) is 5.62. The normalized spacial score (nSPS) is 21.7. The molecule has 2 saturated heterocycles. The van der Waals surface area contributed by atoms with E-state index in [-0.39, 0.29) is 11.9 Å². The van der Waals surface area contributed by atoms with Crippen LogP contribution < -0.4 is 15.5 Å². The molecule has 4 rings (SSSR count). The van der Waals surface area contributed by atoms with E-state index in [4.69, 9.17) is 0 Å². The Labute approximate surface area is 133 Å². The number of rotatable bonds is 2. The van der Waals surface area contributed by atoms with Crippen LogP contribution in [0.15, 0.2) is 30.6 Å². The van der Waals surface area contributed by atoms with Gasteiger partial charge in [-0.05, 0) is 24.4 Å². The van der Waals surface area contributed by atoms with Gasteiger partial charge in [-0.15, -0.1) is 0 Å². The third kappa shape index (κ3) is 2.45. The Hall–Kier alpha value is -2.47. The third-order valence-corrected chi connectivity index (χ3v) is 4.66. The van der Waals surface area contributed by atoms with Crippen LogP contribution in [0.5, 0.6) is 0 Å². The predicted octanol–water partition coefficient (Wildman–Crippen LogP) is 1.76. The summed E-state index contributed by atoms with van der Waals surface area (Å²) in [4.78, 5) is 29.5. The molecule has 1 aromatic carbocycles. The lowest BCUT2D eigenvalue weighted by Gasteiger charge is -2.27. The molecule has 3 amide bonds. The van der Waals surface area contributed by atoms with E-state index < -0.39 is 0 Å². The van der Waals surface area contributed by atoms with Gasteiger partial charge in [0.2, 0.25) is 5.91 Å². The Kier molecular flexibility index (Phi) is 3.46. The minimum Gasteiger partial charge on any atom is -0.316 e. The van der Waals surface area contributed by atoms with Gasteiger partial charge >= 0.3 is 6.03 Å². The maximum atomic E-state index is 12.1. The van der Waals surface area contributed by atoms with Crippen LogP contribution in [0.4, 0.5) is 10.5 Å². The Morgan fingerprint density at radius 3 is 2.87 bits per heavy atom. The molecule has 0 spiro atoms. The molecule has 0 radical (unpaired) electrons. The molecular weight excluding hydrogens is 292 g/mol. The number of urea groups is 1. The van der Waals surface area contributed by atoms with Gasteiger partial charge < -0.3 is 5.32 Å². The largest absolute Gasteiger partial charge is 0.328 e. The molecule has 6 heteroatoms. The van der Waals surface area contributed by atoms with E-state index in [0.29, 0.717) is 18.9 Å². The number of nitrogens with one attached hydrogen (secondary N) is 2. The van der Waals surface area contributed by atoms with E-state index in [9.17, 15) is 9.59 Å². The van der Waals surface area contributed by atoms with Crippen LogP contribution in [0.2, 0.25) is 0 Å². The lowest BCUT2D eigenvalue weighted by molar-refractivity contribution is -0.120. The first-order chi connectivity index (χ1) is 11.2. The van der Waals surface area contributed by atoms with Gasteiger partial charge in [-0.2, -0.15) is 0 Å². The van der Waals surface area contributed by atoms with Crippen molar-refractivity contribution in [2.24, 2.45) is 0 Å². The van der Waals surface area contributed by atoms with Gasteiger partial charge in [0.05, 0.1) is 11.9 Å². The van der Waals surface area contributed by atoms with Gasteiger partial charge in [0.25, 0.3) is 0 Å². The van der Waals surface area contributed by atoms with Crippen molar-refractivity contribution >= 4 is 28.4 Å². The molecule has 3 heterocycles. The number of fused-ring (bicyclic) bond motifs is 1. The zero-order valence-corrected chi connectivity index (χ0v) is 12.7. The van der Waals surface area contributed by atoms with Gasteiger partial charge in [-0.25, -0.2) is 4.79 Å². The molecule has 0 unspecified atom stereocenters. The number of aromatic nitrogens is 1. The molecule has 0 aliphatic carbocycles. The first kappa shape index (κ1) is 14.1. The highest BCUT2D eigenvalue weighted by Gasteiger charge is 2.26. The van der Waals surface area contributed by atoms with Crippen LogP contribution in [-0.2, 0) is 4.79 Å². The number of carbonyl (C=O) groups excluding carboxylic acids is 2. The van der Waals surface area contributed by atoms with Crippen molar-refractivity contribution in [2.45, 2.75) is 18.8 Å². The van der Waals surface area contributed by atoms with E-state index in [1.807, 2.05) is 18.3 Å². The molecule has 0 bridgehead atoms. The van der Waals surface area contributed by atoms with E-state index in [0.717, 1.165) is 36.0 Å². The summed E-state index contributed by atoms with van der Waals surface area (Å²) in [5, 5.41) is 7.86. The number of pyridine rings is 1. The molecule has 6 nitrogen and oxygen atoms in total. The van der Waals surface area contributed by atoms with Gasteiger partial charge in [0, 0.05) is 36.5 Å². The lowest BCUT2D eigenvalue weighted by Crippen LogP contribution is -2.49. The van der Waals surface area contributed by atoms with Crippen LogP contribution in [-0.4, -0.2) is 36.6 Å². The summed E-state index contributed by atoms with van der Waals surface area (Å²) in [5.74, 6) is 0.254. The predicted molar refractivity (Wildman–Crippen MR) is 87.5 cm³/mol. The fourth-order valence-electron chi connectivity index (χ4n) is 3.49. The van der Waals surface area contributed by atoms with E-state index >= 15 is 0 Å². The topological polar surface area (TPSA) is 74.3 Å². The van der Waals surface area contributed by atoms with Crippen molar-refractivity contribution < 1.29 is 9.59 Å². The average molecular weight is 310 g/mol. The van der Waals surface area contributed by atoms with Crippen molar-refractivity contribution in [2.75, 3.05) is 24.5 Å². The Morgan fingerprint density at radius 2 is 2.09 bits per heavy atom. The number of anilines is 1. The van der Waals surface area contributed by atoms with Gasteiger partial charge in [-0.3, -0.25) is 20.0 Å². The number of imide groups is 1. The molecule has 1 atom stereocenters. The summed E-state index contributed by atoms with van der Waals surface area (Å²) in [6, 6.07) is 5.82. The Morgan fingerprint density at radius 1 is 1.17 bits per heavy atom. The molecule has 118 valence electrons. The van der Waals surface area contributed by atoms with Crippen LogP contribution in [0, 0.1) is 0 Å². The summed E-state index contributed by atoms with van der Waals surface area (Å²) >= 11 is 0. The monoisotopic (exact) mass is 310 g/mol. The number of hydrogen-bond donors (Lipinski definition) is 2. The van der Waals surface area contributed by atoms with Crippen LogP contribution >= 0.6 is 0 Å². The molecule has 2 aromatic rings. The van der Waals surface area contributed by atoms with E-state index in [1.165, 1.54) is 5.56 Å². The molecule has 2 aliphatic rings. The second-order valence-corrected chi connectivity index (χ2v) is 6.05. The highest BCUT2D eigenvalue weighted by molar-refractivity contribution is 6.10. The second-order valence-electron chi connectivity index (χ2n) is 6.05. The summed E-state index contributed by atoms with van der Waals surface area (Å²) in [6.45, 7) is 2.40. The van der Waals surface area contributed by atoms with Crippen molar-refractivity contribution in [3.8, 4) is 0 Å². The van der Waals surface area contributed by atoms with Crippen molar-refractivity contribution in [3.63, 3.8) is 0 Å². The van der Waals surface area contributed by atoms with Crippen LogP contribution in [0.1, 0.15) is 24.3 Å². The number of amides is 3. The third-order valence-electron chi connectivity index (χ3n) is 4.66. The summed E-state index contributed by atoms with van der Waals surface area (Å²) in [5.41, 5.74) is 2.04. The zero-order valence-electron chi connectivity index (χ0n) is 12.7. The number of hydrogen-bond acceptors (Lipinski definition) is 4. The fourth-order valence-corrected chi connectivity index (χ4v) is 3.49. The molecular formula is C17H18N4O2. The molecule has 23 heavy (non-hydrogen) atoms. The molecule has 2 N–H and O–H groups in total. The molecule has 0 saturated carbocycles. The van der Waals surface area contributed by atoms with Gasteiger partial charge in [0.15, 0.2) is 0 Å². The Bertz CT molecular complexity index is 783. The minimum atomic E-state index is -0.372. The molecule has 2 fully saturated rings. The quantitative estimate of drug-likeness (QED) is 0.886. The standard InChI is InChI=1S/C17H18N4O2/c22-16-5-7-21(17(23)20-16)15-10-19-9-14-12(2-1-3-13(14)15)11-4-6-18-8-11/h1-3,9-11,18H,4-8H2,(H,20,22,23)/t11-/m1/s1. The SMILES string of the molecule is O=C1CCN(c2cncc3c([C@@H]4CCNC4)cccc23)C(=O)N1. The fraction of sp³-hybridized carbons (Fsp3) is 0.353. The zero-order chi connectivity index (χ0) is 15.8. The summed E-state index contributed by atoms with van der Waals surface area (Å²) < 4.78 is 0. The smallest absolute Gasteiger partial charge is 0.316 e. The van der Waals surface area contributed by atoms with Crippen molar-refractivity contribution in [3.05, 3.63) is 36.2 Å². The molecule has 2 aliphatic heterocycles. The Balaban J connectivity index is 1.80. The maximum absolute atomic E-state index is 12.1. The van der Waals surface area contributed by atoms with Gasteiger partial charge in [-0.1, -0.05) is 18.2 Å². The number of benzene rings is 1. The number of carbonyl (C=O) groups is 2. The number of nitrogens with zero attached hydrogens (tertiary/aromatic N) is 2. The first-order valence-electron chi connectivity index (χ1n) is 7.93. The van der Waals surface area contributed by atoms with Crippen molar-refractivity contribution in [1.29, 1.82) is 0 Å². The minimum absolute atomic E-state index is 0.225. The lowest BCUT2D eigenvalue weighted by atomic mass is 9.93. The first-order valence-corrected chi connectivity index (χ1v) is 7.93. The molecule has 1 aromatic heterocycles. The summed E-state index contributed by atoms with van der Waals surface area (Å²) in [7, 11) is 0. The highest BCUT2D eigenvalue weighted by Crippen LogP contribution is 2.34. The van der Waals surface area contributed by atoms with Crippen molar-refractivity contribution in [1.82, 2.24) is 15.6 Å². The van der Waals surface area contributed by atoms with Crippen LogP contribution in [0.25, 0.3) is 10.8 Å². The van der Waals surface area contributed by atoms with Gasteiger partial charge in [0.1, 0.15) is 0 Å². The van der Waals surface area contributed by atoms with E-state index in [1.54, 1.807) is 11.1 Å².